The highest BCUT2D eigenvalue weighted by Crippen LogP contribution is 2.24. The van der Waals surface area contributed by atoms with Gasteiger partial charge in [-0.1, -0.05) is 6.07 Å². The first-order valence-corrected chi connectivity index (χ1v) is 6.79. The molecule has 1 aromatic rings. The van der Waals surface area contributed by atoms with Crippen molar-refractivity contribution in [3.63, 3.8) is 0 Å². The number of anilines is 1. The largest absolute Gasteiger partial charge is 0.385 e. The Kier molecular flexibility index (Phi) is 3.90. The van der Waals surface area contributed by atoms with E-state index in [0.29, 0.717) is 6.04 Å². The van der Waals surface area contributed by atoms with E-state index in [4.69, 9.17) is 0 Å². The van der Waals surface area contributed by atoms with Crippen LogP contribution in [-0.2, 0) is 0 Å². The molecular weight excluding hydrogens is 224 g/mol. The highest BCUT2D eigenvalue weighted by Gasteiger charge is 2.27. The predicted molar refractivity (Wildman–Crippen MR) is 75.1 cm³/mol. The molecule has 0 aliphatic carbocycles. The van der Waals surface area contributed by atoms with Crippen LogP contribution in [0.4, 0.5) is 5.69 Å². The molecule has 1 amide bonds. The van der Waals surface area contributed by atoms with Crippen LogP contribution in [0.3, 0.4) is 0 Å². The van der Waals surface area contributed by atoms with Crippen molar-refractivity contribution in [3.8, 4) is 0 Å². The standard InChI is InChI=1S/C15H22N2O/c1-4-16-14-10-11(2)7-8-13(14)15(18)17-9-5-6-12(17)3/h7-8,10,12,16H,4-6,9H2,1-3H3. The summed E-state index contributed by atoms with van der Waals surface area (Å²) in [5.41, 5.74) is 2.94. The van der Waals surface area contributed by atoms with Gasteiger partial charge < -0.3 is 10.2 Å². The van der Waals surface area contributed by atoms with Crippen LogP contribution in [0, 0.1) is 6.92 Å². The zero-order chi connectivity index (χ0) is 13.1. The molecule has 1 saturated heterocycles. The molecule has 1 aliphatic heterocycles. The number of likely N-dealkylation sites (tertiary alicyclic amines) is 1. The average molecular weight is 246 g/mol. The summed E-state index contributed by atoms with van der Waals surface area (Å²) in [6.45, 7) is 7.95. The van der Waals surface area contributed by atoms with Gasteiger partial charge in [0.05, 0.1) is 5.56 Å². The molecule has 0 saturated carbocycles. The Hall–Kier alpha value is -1.51. The summed E-state index contributed by atoms with van der Waals surface area (Å²) in [6.07, 6.45) is 2.24. The molecule has 1 fully saturated rings. The lowest BCUT2D eigenvalue weighted by atomic mass is 10.1. The van der Waals surface area contributed by atoms with Crippen molar-refractivity contribution >= 4 is 11.6 Å². The van der Waals surface area contributed by atoms with Gasteiger partial charge in [-0.05, 0) is 51.3 Å². The third kappa shape index (κ3) is 2.50. The molecule has 3 heteroatoms. The van der Waals surface area contributed by atoms with Gasteiger partial charge in [0.15, 0.2) is 0 Å². The number of hydrogen-bond acceptors (Lipinski definition) is 2. The van der Waals surface area contributed by atoms with Crippen LogP contribution in [0.2, 0.25) is 0 Å². The normalized spacial score (nSPS) is 19.1. The number of carbonyl (C=O) groups is 1. The number of rotatable bonds is 3. The molecule has 1 unspecified atom stereocenters. The number of amides is 1. The van der Waals surface area contributed by atoms with Crippen molar-refractivity contribution in [2.45, 2.75) is 39.7 Å². The first-order chi connectivity index (χ1) is 8.63. The van der Waals surface area contributed by atoms with Crippen LogP contribution in [0.15, 0.2) is 18.2 Å². The van der Waals surface area contributed by atoms with E-state index in [1.165, 1.54) is 5.56 Å². The maximum atomic E-state index is 12.6. The zero-order valence-electron chi connectivity index (χ0n) is 11.5. The van der Waals surface area contributed by atoms with Gasteiger partial charge in [-0.3, -0.25) is 4.79 Å². The smallest absolute Gasteiger partial charge is 0.256 e. The van der Waals surface area contributed by atoms with Gasteiger partial charge in [0.25, 0.3) is 5.91 Å². The van der Waals surface area contributed by atoms with Crippen LogP contribution in [0.25, 0.3) is 0 Å². The van der Waals surface area contributed by atoms with Gasteiger partial charge in [-0.2, -0.15) is 0 Å². The molecule has 1 atom stereocenters. The number of benzene rings is 1. The van der Waals surface area contributed by atoms with Crippen LogP contribution in [0.5, 0.6) is 0 Å². The van der Waals surface area contributed by atoms with Gasteiger partial charge in [0.2, 0.25) is 0 Å². The van der Waals surface area contributed by atoms with E-state index in [-0.39, 0.29) is 5.91 Å². The zero-order valence-corrected chi connectivity index (χ0v) is 11.5. The fourth-order valence-electron chi connectivity index (χ4n) is 2.57. The Morgan fingerprint density at radius 1 is 1.50 bits per heavy atom. The Bertz CT molecular complexity index is 442. The fraction of sp³-hybridized carbons (Fsp3) is 0.533. The van der Waals surface area contributed by atoms with Gasteiger partial charge in [0.1, 0.15) is 0 Å². The molecule has 18 heavy (non-hydrogen) atoms. The van der Waals surface area contributed by atoms with E-state index < -0.39 is 0 Å². The molecule has 1 N–H and O–H groups in total. The molecule has 3 nitrogen and oxygen atoms in total. The molecule has 2 rings (SSSR count). The Morgan fingerprint density at radius 2 is 2.28 bits per heavy atom. The second-order valence-electron chi connectivity index (χ2n) is 5.07. The summed E-state index contributed by atoms with van der Waals surface area (Å²) >= 11 is 0. The molecule has 98 valence electrons. The van der Waals surface area contributed by atoms with E-state index in [9.17, 15) is 4.79 Å². The fourth-order valence-corrected chi connectivity index (χ4v) is 2.57. The molecule has 0 spiro atoms. The second-order valence-corrected chi connectivity index (χ2v) is 5.07. The SMILES string of the molecule is CCNc1cc(C)ccc1C(=O)N1CCCC1C. The number of aryl methyl sites for hydroxylation is 1. The van der Waals surface area contributed by atoms with Gasteiger partial charge in [0, 0.05) is 24.8 Å². The first-order valence-electron chi connectivity index (χ1n) is 6.79. The molecule has 0 aromatic heterocycles. The van der Waals surface area contributed by atoms with Crippen molar-refractivity contribution < 1.29 is 4.79 Å². The maximum Gasteiger partial charge on any atom is 0.256 e. The van der Waals surface area contributed by atoms with Crippen molar-refractivity contribution in [3.05, 3.63) is 29.3 Å². The minimum atomic E-state index is 0.163. The minimum absolute atomic E-state index is 0.163. The quantitative estimate of drug-likeness (QED) is 0.889. The Morgan fingerprint density at radius 3 is 2.89 bits per heavy atom. The predicted octanol–water partition coefficient (Wildman–Crippen LogP) is 3.05. The van der Waals surface area contributed by atoms with Crippen molar-refractivity contribution in [2.24, 2.45) is 0 Å². The third-order valence-electron chi connectivity index (χ3n) is 3.59. The van der Waals surface area contributed by atoms with Crippen molar-refractivity contribution in [2.75, 3.05) is 18.4 Å². The Labute approximate surface area is 109 Å². The van der Waals surface area contributed by atoms with Crippen LogP contribution < -0.4 is 5.32 Å². The summed E-state index contributed by atoms with van der Waals surface area (Å²) in [5.74, 6) is 0.163. The molecule has 0 bridgehead atoms. The summed E-state index contributed by atoms with van der Waals surface area (Å²) in [4.78, 5) is 14.5. The number of hydrogen-bond donors (Lipinski definition) is 1. The van der Waals surface area contributed by atoms with Crippen LogP contribution in [-0.4, -0.2) is 29.9 Å². The number of nitrogens with zero attached hydrogens (tertiary/aromatic N) is 1. The van der Waals surface area contributed by atoms with E-state index >= 15 is 0 Å². The topological polar surface area (TPSA) is 32.3 Å². The number of carbonyl (C=O) groups excluding carboxylic acids is 1. The molecule has 1 heterocycles. The summed E-state index contributed by atoms with van der Waals surface area (Å²) < 4.78 is 0. The van der Waals surface area contributed by atoms with Gasteiger partial charge in [-0.15, -0.1) is 0 Å². The summed E-state index contributed by atoms with van der Waals surface area (Å²) in [6, 6.07) is 6.38. The van der Waals surface area contributed by atoms with Crippen LogP contribution in [0.1, 0.15) is 42.6 Å². The summed E-state index contributed by atoms with van der Waals surface area (Å²) in [5, 5.41) is 3.29. The highest BCUT2D eigenvalue weighted by molar-refractivity contribution is 6.00. The van der Waals surface area contributed by atoms with E-state index in [1.807, 2.05) is 24.0 Å². The lowest BCUT2D eigenvalue weighted by Gasteiger charge is -2.23. The highest BCUT2D eigenvalue weighted by atomic mass is 16.2. The lowest BCUT2D eigenvalue weighted by Crippen LogP contribution is -2.34. The van der Waals surface area contributed by atoms with E-state index in [0.717, 1.165) is 37.2 Å². The molecular formula is C15H22N2O. The van der Waals surface area contributed by atoms with E-state index in [1.54, 1.807) is 0 Å². The van der Waals surface area contributed by atoms with Gasteiger partial charge in [-0.25, -0.2) is 0 Å². The van der Waals surface area contributed by atoms with Crippen molar-refractivity contribution in [1.82, 2.24) is 4.90 Å². The minimum Gasteiger partial charge on any atom is -0.385 e. The van der Waals surface area contributed by atoms with E-state index in [2.05, 4.69) is 25.2 Å². The van der Waals surface area contributed by atoms with Crippen LogP contribution >= 0.6 is 0 Å². The van der Waals surface area contributed by atoms with Gasteiger partial charge >= 0.3 is 0 Å². The summed E-state index contributed by atoms with van der Waals surface area (Å²) in [7, 11) is 0. The average Bonchev–Trinajstić information content (AvgIpc) is 2.75. The number of nitrogens with one attached hydrogen (secondary N) is 1. The monoisotopic (exact) mass is 246 g/mol. The van der Waals surface area contributed by atoms with Crippen molar-refractivity contribution in [1.29, 1.82) is 0 Å². The first kappa shape index (κ1) is 12.9. The Balaban J connectivity index is 2.29. The molecule has 0 radical (unpaired) electrons. The lowest BCUT2D eigenvalue weighted by molar-refractivity contribution is 0.0748. The maximum absolute atomic E-state index is 12.6. The second kappa shape index (κ2) is 5.42. The third-order valence-corrected chi connectivity index (χ3v) is 3.59. The molecule has 1 aromatic carbocycles. The molecule has 1 aliphatic rings.